The molecule has 0 spiro atoms. The summed E-state index contributed by atoms with van der Waals surface area (Å²) in [5.74, 6) is 0.532. The van der Waals surface area contributed by atoms with Crippen LogP contribution < -0.4 is 5.32 Å². The molecule has 3 heterocycles. The molecule has 0 unspecified atom stereocenters. The van der Waals surface area contributed by atoms with Crippen LogP contribution in [-0.2, 0) is 4.79 Å². The number of hydrogen-bond acceptors (Lipinski definition) is 2. The summed E-state index contributed by atoms with van der Waals surface area (Å²) >= 11 is 0. The van der Waals surface area contributed by atoms with Gasteiger partial charge in [0.15, 0.2) is 0 Å². The molecule has 0 aromatic carbocycles. The van der Waals surface area contributed by atoms with Gasteiger partial charge in [0.2, 0.25) is 0 Å². The topological polar surface area (TPSA) is 57.8 Å². The Hall–Kier alpha value is -2.36. The van der Waals surface area contributed by atoms with Gasteiger partial charge in [-0.1, -0.05) is 0 Å². The van der Waals surface area contributed by atoms with Crippen LogP contribution in [0.15, 0.2) is 24.4 Å². The Kier molecular flexibility index (Phi) is 2.30. The molecule has 0 radical (unpaired) electrons. The normalized spacial score (nSPS) is 15.9. The predicted molar refractivity (Wildman–Crippen MR) is 71.0 cm³/mol. The number of amides is 1. The molecular formula is C14H13N3O. The van der Waals surface area contributed by atoms with Crippen LogP contribution in [0.4, 0.5) is 5.82 Å². The average molecular weight is 239 g/mol. The van der Waals surface area contributed by atoms with Crippen molar-refractivity contribution in [1.29, 1.82) is 0 Å². The lowest BCUT2D eigenvalue weighted by Gasteiger charge is -1.97. The number of H-pyrrole nitrogens is 1. The van der Waals surface area contributed by atoms with Crippen LogP contribution in [0.3, 0.4) is 0 Å². The lowest BCUT2D eigenvalue weighted by molar-refractivity contribution is -0.110. The molecule has 18 heavy (non-hydrogen) atoms. The molecule has 0 atom stereocenters. The summed E-state index contributed by atoms with van der Waals surface area (Å²) in [7, 11) is 0. The molecule has 1 aliphatic heterocycles. The zero-order valence-corrected chi connectivity index (χ0v) is 10.2. The van der Waals surface area contributed by atoms with Crippen molar-refractivity contribution in [3.05, 3.63) is 46.9 Å². The minimum Gasteiger partial charge on any atom is -0.359 e. The second kappa shape index (κ2) is 3.84. The van der Waals surface area contributed by atoms with E-state index in [1.165, 1.54) is 0 Å². The molecule has 0 fully saturated rings. The molecule has 3 rings (SSSR count). The maximum absolute atomic E-state index is 11.9. The van der Waals surface area contributed by atoms with Crippen molar-refractivity contribution >= 4 is 23.4 Å². The van der Waals surface area contributed by atoms with Gasteiger partial charge in [0, 0.05) is 23.1 Å². The van der Waals surface area contributed by atoms with Crippen LogP contribution in [-0.4, -0.2) is 15.9 Å². The molecule has 4 nitrogen and oxygen atoms in total. The zero-order chi connectivity index (χ0) is 12.7. The van der Waals surface area contributed by atoms with Crippen LogP contribution in [0, 0.1) is 13.8 Å². The largest absolute Gasteiger partial charge is 0.359 e. The average Bonchev–Trinajstić information content (AvgIpc) is 2.81. The Morgan fingerprint density at radius 1 is 1.33 bits per heavy atom. The fourth-order valence-electron chi connectivity index (χ4n) is 2.21. The highest BCUT2D eigenvalue weighted by molar-refractivity contribution is 6.34. The number of hydrogen-bond donors (Lipinski definition) is 2. The molecule has 0 saturated carbocycles. The van der Waals surface area contributed by atoms with E-state index in [0.717, 1.165) is 22.5 Å². The first-order chi connectivity index (χ1) is 8.65. The van der Waals surface area contributed by atoms with E-state index in [-0.39, 0.29) is 5.91 Å². The fourth-order valence-corrected chi connectivity index (χ4v) is 2.21. The molecule has 4 heteroatoms. The Bertz CT molecular complexity index is 667. The maximum Gasteiger partial charge on any atom is 0.257 e. The highest BCUT2D eigenvalue weighted by atomic mass is 16.2. The van der Waals surface area contributed by atoms with Crippen LogP contribution in [0.25, 0.3) is 11.6 Å². The van der Waals surface area contributed by atoms with E-state index in [1.54, 1.807) is 6.20 Å². The van der Waals surface area contributed by atoms with Gasteiger partial charge in [-0.15, -0.1) is 0 Å². The van der Waals surface area contributed by atoms with Crippen molar-refractivity contribution in [1.82, 2.24) is 9.97 Å². The number of nitrogens with one attached hydrogen (secondary N) is 2. The third-order valence-electron chi connectivity index (χ3n) is 3.05. The Morgan fingerprint density at radius 2 is 2.17 bits per heavy atom. The van der Waals surface area contributed by atoms with E-state index < -0.39 is 0 Å². The number of carbonyl (C=O) groups is 1. The summed E-state index contributed by atoms with van der Waals surface area (Å²) in [5.41, 5.74) is 4.70. The number of nitrogens with zero attached hydrogens (tertiary/aromatic N) is 1. The minimum absolute atomic E-state index is 0.102. The smallest absolute Gasteiger partial charge is 0.257 e. The van der Waals surface area contributed by atoms with E-state index >= 15 is 0 Å². The molecule has 90 valence electrons. The first-order valence-electron chi connectivity index (χ1n) is 5.80. The quantitative estimate of drug-likeness (QED) is 0.751. The highest BCUT2D eigenvalue weighted by Crippen LogP contribution is 2.31. The van der Waals surface area contributed by atoms with Gasteiger partial charge in [-0.05, 0) is 43.7 Å². The number of aromatic amines is 1. The number of aromatic nitrogens is 2. The summed E-state index contributed by atoms with van der Waals surface area (Å²) in [6.45, 7) is 4.02. The third kappa shape index (κ3) is 1.62. The van der Waals surface area contributed by atoms with Crippen molar-refractivity contribution in [3.63, 3.8) is 0 Å². The number of rotatable bonds is 1. The van der Waals surface area contributed by atoms with Crippen molar-refractivity contribution in [2.75, 3.05) is 5.32 Å². The van der Waals surface area contributed by atoms with Crippen LogP contribution >= 0.6 is 0 Å². The van der Waals surface area contributed by atoms with Crippen LogP contribution in [0.5, 0.6) is 0 Å². The summed E-state index contributed by atoms with van der Waals surface area (Å²) in [4.78, 5) is 19.3. The standard InChI is InChI=1S/C14H13N3O/c1-8-6-9(2)16-12(8)7-11-10-4-3-5-15-13(10)17-14(11)18/h3-7,16H,1-2H3,(H,15,17,18)/b11-7-. The first kappa shape index (κ1) is 10.8. The van der Waals surface area contributed by atoms with Crippen LogP contribution in [0.2, 0.25) is 0 Å². The highest BCUT2D eigenvalue weighted by Gasteiger charge is 2.24. The summed E-state index contributed by atoms with van der Waals surface area (Å²) in [6.07, 6.45) is 3.55. The first-order valence-corrected chi connectivity index (χ1v) is 5.80. The lowest BCUT2D eigenvalue weighted by Crippen LogP contribution is -2.04. The molecule has 2 aromatic rings. The Morgan fingerprint density at radius 3 is 2.89 bits per heavy atom. The molecular weight excluding hydrogens is 226 g/mol. The van der Waals surface area contributed by atoms with Gasteiger partial charge in [0.25, 0.3) is 5.91 Å². The van der Waals surface area contributed by atoms with E-state index in [4.69, 9.17) is 0 Å². The van der Waals surface area contributed by atoms with Crippen molar-refractivity contribution in [2.45, 2.75) is 13.8 Å². The molecule has 1 amide bonds. The molecule has 0 aliphatic carbocycles. The van der Waals surface area contributed by atoms with E-state index in [9.17, 15) is 4.79 Å². The van der Waals surface area contributed by atoms with Crippen molar-refractivity contribution in [2.24, 2.45) is 0 Å². The van der Waals surface area contributed by atoms with E-state index in [2.05, 4.69) is 21.4 Å². The fraction of sp³-hybridized carbons (Fsp3) is 0.143. The number of pyridine rings is 1. The summed E-state index contributed by atoms with van der Waals surface area (Å²) < 4.78 is 0. The number of aryl methyl sites for hydroxylation is 2. The second-order valence-corrected chi connectivity index (χ2v) is 4.46. The van der Waals surface area contributed by atoms with Crippen molar-refractivity contribution < 1.29 is 4.79 Å². The Labute approximate surface area is 105 Å². The molecule has 1 aliphatic rings. The lowest BCUT2D eigenvalue weighted by atomic mass is 10.1. The number of anilines is 1. The molecule has 0 bridgehead atoms. The monoisotopic (exact) mass is 239 g/mol. The Balaban J connectivity index is 2.12. The van der Waals surface area contributed by atoms with Gasteiger partial charge in [0.05, 0.1) is 5.57 Å². The van der Waals surface area contributed by atoms with Gasteiger partial charge in [-0.2, -0.15) is 0 Å². The van der Waals surface area contributed by atoms with Gasteiger partial charge >= 0.3 is 0 Å². The third-order valence-corrected chi connectivity index (χ3v) is 3.05. The molecule has 2 aromatic heterocycles. The van der Waals surface area contributed by atoms with Crippen LogP contribution in [0.1, 0.15) is 22.5 Å². The van der Waals surface area contributed by atoms with E-state index in [0.29, 0.717) is 11.4 Å². The zero-order valence-electron chi connectivity index (χ0n) is 10.2. The van der Waals surface area contributed by atoms with Gasteiger partial charge in [0.1, 0.15) is 5.82 Å². The van der Waals surface area contributed by atoms with Crippen molar-refractivity contribution in [3.8, 4) is 0 Å². The SMILES string of the molecule is Cc1cc(C)c(/C=C2\C(=O)Nc3ncccc32)[nH]1. The van der Waals surface area contributed by atoms with Gasteiger partial charge in [-0.25, -0.2) is 4.98 Å². The second-order valence-electron chi connectivity index (χ2n) is 4.46. The maximum atomic E-state index is 11.9. The summed E-state index contributed by atoms with van der Waals surface area (Å²) in [6, 6.07) is 5.79. The van der Waals surface area contributed by atoms with E-state index in [1.807, 2.05) is 32.1 Å². The minimum atomic E-state index is -0.102. The van der Waals surface area contributed by atoms with Gasteiger partial charge < -0.3 is 10.3 Å². The predicted octanol–water partition coefficient (Wildman–Crippen LogP) is 2.52. The molecule has 2 N–H and O–H groups in total. The van der Waals surface area contributed by atoms with Gasteiger partial charge in [-0.3, -0.25) is 4.79 Å². The molecule has 0 saturated heterocycles. The number of carbonyl (C=O) groups excluding carboxylic acids is 1. The summed E-state index contributed by atoms with van der Waals surface area (Å²) in [5, 5.41) is 2.76. The number of fused-ring (bicyclic) bond motifs is 1.